The topological polar surface area (TPSA) is 106 Å². The molecule has 0 spiro atoms. The zero-order valence-electron chi connectivity index (χ0n) is 16.5. The Balaban J connectivity index is 1.56. The van der Waals surface area contributed by atoms with Crippen LogP contribution in [0.4, 0.5) is 4.39 Å². The van der Waals surface area contributed by atoms with Crippen molar-refractivity contribution in [1.82, 2.24) is 19.7 Å². The van der Waals surface area contributed by atoms with Gasteiger partial charge in [-0.05, 0) is 49.4 Å². The number of rotatable bonds is 8. The van der Waals surface area contributed by atoms with Crippen molar-refractivity contribution < 1.29 is 22.7 Å². The maximum atomic E-state index is 13.1. The first-order valence-electron chi connectivity index (χ1n) is 9.72. The van der Waals surface area contributed by atoms with E-state index in [1.165, 1.54) is 12.1 Å². The average molecular weight is 427 g/mol. The number of aliphatic hydroxyl groups is 1. The number of hydrogen-bond donors (Lipinski definition) is 2. The molecule has 10 heteroatoms. The average Bonchev–Trinajstić information content (AvgIpc) is 3.17. The number of halogens is 1. The van der Waals surface area contributed by atoms with Crippen LogP contribution in [-0.4, -0.2) is 53.4 Å². The maximum Gasteiger partial charge on any atom is 0.240 e. The van der Waals surface area contributed by atoms with E-state index < -0.39 is 28.0 Å². The highest BCUT2D eigenvalue weighted by molar-refractivity contribution is 7.89. The first kappa shape index (κ1) is 21.8. The standard InChI is InChI=1S/C19H27FN4O4S/c1-13(2)18-11-24(23-21-18)10-9-15-5-8-17(19(12-25)28-15)22-29(26,27)16-6-3-14(20)4-7-16/h3-4,6-7,11,13,15,17,19,22,25H,5,8-10,12H2,1-2H3/t15-,17+,19-/m0/s1. The van der Waals surface area contributed by atoms with Crippen LogP contribution in [0.3, 0.4) is 0 Å². The van der Waals surface area contributed by atoms with Gasteiger partial charge < -0.3 is 9.84 Å². The Hall–Kier alpha value is -1.88. The van der Waals surface area contributed by atoms with Crippen molar-refractivity contribution in [3.8, 4) is 0 Å². The third-order valence-electron chi connectivity index (χ3n) is 5.05. The number of hydrogen-bond acceptors (Lipinski definition) is 6. The molecule has 2 N–H and O–H groups in total. The summed E-state index contributed by atoms with van der Waals surface area (Å²) >= 11 is 0. The van der Waals surface area contributed by atoms with Gasteiger partial charge in [0.15, 0.2) is 0 Å². The first-order valence-corrected chi connectivity index (χ1v) is 11.2. The number of aliphatic hydroxyl groups excluding tert-OH is 1. The molecule has 8 nitrogen and oxygen atoms in total. The van der Waals surface area contributed by atoms with Crippen molar-refractivity contribution in [2.75, 3.05) is 6.61 Å². The summed E-state index contributed by atoms with van der Waals surface area (Å²) < 4.78 is 48.4. The Kier molecular flexibility index (Phi) is 6.99. The van der Waals surface area contributed by atoms with Crippen LogP contribution in [0.5, 0.6) is 0 Å². The molecule has 1 aromatic heterocycles. The van der Waals surface area contributed by atoms with Crippen LogP contribution >= 0.6 is 0 Å². The second-order valence-corrected chi connectivity index (χ2v) is 9.30. The lowest BCUT2D eigenvalue weighted by Gasteiger charge is -2.36. The second-order valence-electron chi connectivity index (χ2n) is 7.59. The van der Waals surface area contributed by atoms with E-state index in [1.807, 2.05) is 6.20 Å². The summed E-state index contributed by atoms with van der Waals surface area (Å²) in [6.07, 6.45) is 3.03. The van der Waals surface area contributed by atoms with Gasteiger partial charge >= 0.3 is 0 Å². The molecular weight excluding hydrogens is 399 g/mol. The molecule has 1 aliphatic rings. The van der Waals surface area contributed by atoms with Crippen molar-refractivity contribution in [2.24, 2.45) is 0 Å². The van der Waals surface area contributed by atoms with Crippen molar-refractivity contribution >= 4 is 10.0 Å². The summed E-state index contributed by atoms with van der Waals surface area (Å²) in [6, 6.07) is 4.06. The molecular formula is C19H27FN4O4S. The number of ether oxygens (including phenoxy) is 1. The molecule has 3 rings (SSSR count). The van der Waals surface area contributed by atoms with E-state index in [-0.39, 0.29) is 17.6 Å². The van der Waals surface area contributed by atoms with Gasteiger partial charge in [-0.2, -0.15) is 0 Å². The Morgan fingerprint density at radius 3 is 2.66 bits per heavy atom. The third kappa shape index (κ3) is 5.59. The highest BCUT2D eigenvalue weighted by atomic mass is 32.2. The van der Waals surface area contributed by atoms with E-state index in [0.29, 0.717) is 31.7 Å². The molecule has 0 aliphatic carbocycles. The molecule has 1 saturated heterocycles. The quantitative estimate of drug-likeness (QED) is 0.667. The van der Waals surface area contributed by atoms with Crippen molar-refractivity contribution in [3.05, 3.63) is 42.0 Å². The molecule has 0 unspecified atom stereocenters. The van der Waals surface area contributed by atoms with E-state index in [2.05, 4.69) is 28.9 Å². The zero-order valence-corrected chi connectivity index (χ0v) is 17.3. The van der Waals surface area contributed by atoms with Crippen molar-refractivity contribution in [2.45, 2.75) is 68.7 Å². The van der Waals surface area contributed by atoms with E-state index in [9.17, 15) is 17.9 Å². The lowest BCUT2D eigenvalue weighted by Crippen LogP contribution is -2.50. The summed E-state index contributed by atoms with van der Waals surface area (Å²) in [5, 5.41) is 17.9. The van der Waals surface area contributed by atoms with Gasteiger partial charge in [0.2, 0.25) is 10.0 Å². The Morgan fingerprint density at radius 2 is 2.03 bits per heavy atom. The fourth-order valence-electron chi connectivity index (χ4n) is 3.32. The predicted octanol–water partition coefficient (Wildman–Crippen LogP) is 1.82. The minimum Gasteiger partial charge on any atom is -0.394 e. The summed E-state index contributed by atoms with van der Waals surface area (Å²) in [6.45, 7) is 4.44. The number of aryl methyl sites for hydroxylation is 1. The number of nitrogens with zero attached hydrogens (tertiary/aromatic N) is 3. The molecule has 2 aromatic rings. The Morgan fingerprint density at radius 1 is 1.31 bits per heavy atom. The predicted molar refractivity (Wildman–Crippen MR) is 104 cm³/mol. The first-order chi connectivity index (χ1) is 13.8. The third-order valence-corrected chi connectivity index (χ3v) is 6.56. The molecule has 1 aromatic carbocycles. The summed E-state index contributed by atoms with van der Waals surface area (Å²) in [4.78, 5) is -0.0233. The number of nitrogens with one attached hydrogen (secondary N) is 1. The smallest absolute Gasteiger partial charge is 0.240 e. The van der Waals surface area contributed by atoms with Gasteiger partial charge in [-0.25, -0.2) is 17.5 Å². The van der Waals surface area contributed by atoms with Gasteiger partial charge in [0, 0.05) is 12.7 Å². The van der Waals surface area contributed by atoms with E-state index >= 15 is 0 Å². The summed E-state index contributed by atoms with van der Waals surface area (Å²) in [5.74, 6) is -0.197. The van der Waals surface area contributed by atoms with E-state index in [1.54, 1.807) is 4.68 Å². The summed E-state index contributed by atoms with van der Waals surface area (Å²) in [7, 11) is -3.83. The summed E-state index contributed by atoms with van der Waals surface area (Å²) in [5.41, 5.74) is 0.929. The molecule has 0 radical (unpaired) electrons. The number of benzene rings is 1. The molecule has 3 atom stereocenters. The van der Waals surface area contributed by atoms with Gasteiger partial charge in [-0.3, -0.25) is 4.68 Å². The van der Waals surface area contributed by atoms with Gasteiger partial charge in [-0.1, -0.05) is 19.1 Å². The molecule has 1 aliphatic heterocycles. The highest BCUT2D eigenvalue weighted by Crippen LogP contribution is 2.24. The maximum absolute atomic E-state index is 13.1. The SMILES string of the molecule is CC(C)c1cn(CC[C@@H]2CC[C@@H](NS(=O)(=O)c3ccc(F)cc3)[C@H](CO)O2)nn1. The fourth-order valence-corrected chi connectivity index (χ4v) is 4.62. The van der Waals surface area contributed by atoms with E-state index in [4.69, 9.17) is 4.74 Å². The van der Waals surface area contributed by atoms with Crippen LogP contribution in [0.15, 0.2) is 35.4 Å². The van der Waals surface area contributed by atoms with Gasteiger partial charge in [0.05, 0.1) is 35.4 Å². The van der Waals surface area contributed by atoms with Crippen LogP contribution in [-0.2, 0) is 21.3 Å². The minimum absolute atomic E-state index is 0.0233. The molecule has 2 heterocycles. The monoisotopic (exact) mass is 426 g/mol. The lowest BCUT2D eigenvalue weighted by atomic mass is 9.98. The van der Waals surface area contributed by atoms with Gasteiger partial charge in [0.1, 0.15) is 5.82 Å². The van der Waals surface area contributed by atoms with Crippen LogP contribution in [0, 0.1) is 5.82 Å². The normalized spacial score (nSPS) is 22.9. The van der Waals surface area contributed by atoms with E-state index in [0.717, 1.165) is 17.8 Å². The molecule has 0 saturated carbocycles. The van der Waals surface area contributed by atoms with Crippen LogP contribution in [0.1, 0.15) is 44.7 Å². The highest BCUT2D eigenvalue weighted by Gasteiger charge is 2.34. The van der Waals surface area contributed by atoms with Crippen LogP contribution in [0.2, 0.25) is 0 Å². The second kappa shape index (κ2) is 9.29. The Bertz CT molecular complexity index is 901. The van der Waals surface area contributed by atoms with Crippen molar-refractivity contribution in [3.63, 3.8) is 0 Å². The largest absolute Gasteiger partial charge is 0.394 e. The molecule has 0 amide bonds. The lowest BCUT2D eigenvalue weighted by molar-refractivity contribution is -0.0891. The van der Waals surface area contributed by atoms with Gasteiger partial charge in [-0.15, -0.1) is 5.10 Å². The molecule has 160 valence electrons. The van der Waals surface area contributed by atoms with Crippen molar-refractivity contribution in [1.29, 1.82) is 0 Å². The molecule has 1 fully saturated rings. The van der Waals surface area contributed by atoms with Crippen LogP contribution in [0.25, 0.3) is 0 Å². The number of sulfonamides is 1. The Labute approximate surface area is 170 Å². The number of aromatic nitrogens is 3. The zero-order chi connectivity index (χ0) is 21.0. The molecule has 0 bridgehead atoms. The fraction of sp³-hybridized carbons (Fsp3) is 0.579. The van der Waals surface area contributed by atoms with Crippen LogP contribution < -0.4 is 4.72 Å². The molecule has 29 heavy (non-hydrogen) atoms. The van der Waals surface area contributed by atoms with Gasteiger partial charge in [0.25, 0.3) is 0 Å². The minimum atomic E-state index is -3.83.